The van der Waals surface area contributed by atoms with E-state index < -0.39 is 11.5 Å². The minimum Gasteiger partial charge on any atom is -0.466 e. The summed E-state index contributed by atoms with van der Waals surface area (Å²) in [6.45, 7) is 4.03. The SMILES string of the molecule is CCOC(=O)C[C@H]1CSC[C@]1(C(=O)OCC)n1cnc2cnc(Cl)nc21. The summed E-state index contributed by atoms with van der Waals surface area (Å²) in [5.74, 6) is 0.00914. The third kappa shape index (κ3) is 3.25. The zero-order chi connectivity index (χ0) is 18.7. The van der Waals surface area contributed by atoms with Crippen LogP contribution in [-0.4, -0.2) is 56.2 Å². The summed E-state index contributed by atoms with van der Waals surface area (Å²) in [6.07, 6.45) is 3.15. The van der Waals surface area contributed by atoms with Crippen LogP contribution in [0.1, 0.15) is 20.3 Å². The summed E-state index contributed by atoms with van der Waals surface area (Å²) in [6, 6.07) is 0. The van der Waals surface area contributed by atoms with Gasteiger partial charge in [0, 0.05) is 11.7 Å². The first-order valence-corrected chi connectivity index (χ1v) is 9.82. The molecule has 1 aliphatic heterocycles. The minimum atomic E-state index is -1.10. The lowest BCUT2D eigenvalue weighted by Crippen LogP contribution is -2.49. The monoisotopic (exact) mass is 398 g/mol. The van der Waals surface area contributed by atoms with Crippen molar-refractivity contribution in [2.45, 2.75) is 25.8 Å². The summed E-state index contributed by atoms with van der Waals surface area (Å²) in [7, 11) is 0. The van der Waals surface area contributed by atoms with Gasteiger partial charge in [0.2, 0.25) is 5.28 Å². The van der Waals surface area contributed by atoms with Gasteiger partial charge in [-0.3, -0.25) is 9.36 Å². The maximum atomic E-state index is 13.0. The Kier molecular flexibility index (Phi) is 5.67. The Hall–Kier alpha value is -1.87. The molecule has 2 aromatic rings. The van der Waals surface area contributed by atoms with Gasteiger partial charge in [-0.2, -0.15) is 16.7 Å². The van der Waals surface area contributed by atoms with Crippen molar-refractivity contribution in [1.82, 2.24) is 19.5 Å². The molecule has 0 aliphatic carbocycles. The highest BCUT2D eigenvalue weighted by Gasteiger charge is 2.54. The van der Waals surface area contributed by atoms with E-state index in [2.05, 4.69) is 15.0 Å². The number of halogens is 1. The van der Waals surface area contributed by atoms with Gasteiger partial charge in [-0.05, 0) is 31.2 Å². The average Bonchev–Trinajstić information content (AvgIpc) is 3.19. The van der Waals surface area contributed by atoms with Crippen LogP contribution in [0.3, 0.4) is 0 Å². The second-order valence-corrected chi connectivity index (χ2v) is 7.20. The molecule has 2 aromatic heterocycles. The Bertz CT molecular complexity index is 830. The number of carbonyl (C=O) groups excluding carboxylic acids is 2. The van der Waals surface area contributed by atoms with Crippen LogP contribution in [0.2, 0.25) is 5.28 Å². The fourth-order valence-corrected chi connectivity index (χ4v) is 4.92. The highest BCUT2D eigenvalue weighted by Crippen LogP contribution is 2.44. The smallest absolute Gasteiger partial charge is 0.333 e. The molecule has 1 fully saturated rings. The van der Waals surface area contributed by atoms with E-state index in [0.29, 0.717) is 29.3 Å². The summed E-state index contributed by atoms with van der Waals surface area (Å²) >= 11 is 7.52. The fourth-order valence-electron chi connectivity index (χ4n) is 3.19. The Morgan fingerprint density at radius 2 is 2.12 bits per heavy atom. The Balaban J connectivity index is 2.10. The van der Waals surface area contributed by atoms with E-state index in [1.807, 2.05) is 0 Å². The molecular formula is C16H19ClN4O4S. The number of ether oxygens (including phenoxy) is 2. The lowest BCUT2D eigenvalue weighted by atomic mass is 9.84. The molecule has 0 saturated carbocycles. The Labute approximate surface area is 159 Å². The highest BCUT2D eigenvalue weighted by molar-refractivity contribution is 7.99. The third-order valence-electron chi connectivity index (χ3n) is 4.35. The molecule has 0 radical (unpaired) electrons. The van der Waals surface area contributed by atoms with Gasteiger partial charge in [-0.1, -0.05) is 0 Å². The van der Waals surface area contributed by atoms with Gasteiger partial charge in [-0.25, -0.2) is 14.8 Å². The number of carbonyl (C=O) groups is 2. The van der Waals surface area contributed by atoms with Crippen molar-refractivity contribution >= 4 is 46.5 Å². The first-order chi connectivity index (χ1) is 12.5. The quantitative estimate of drug-likeness (QED) is 0.538. The van der Waals surface area contributed by atoms with Crippen molar-refractivity contribution in [2.75, 3.05) is 24.7 Å². The van der Waals surface area contributed by atoms with Gasteiger partial charge < -0.3 is 9.47 Å². The zero-order valence-corrected chi connectivity index (χ0v) is 16.0. The Morgan fingerprint density at radius 3 is 2.85 bits per heavy atom. The fraction of sp³-hybridized carbons (Fsp3) is 0.562. The van der Waals surface area contributed by atoms with Crippen molar-refractivity contribution in [2.24, 2.45) is 5.92 Å². The van der Waals surface area contributed by atoms with Gasteiger partial charge in [0.25, 0.3) is 0 Å². The highest BCUT2D eigenvalue weighted by atomic mass is 35.5. The number of nitrogens with zero attached hydrogens (tertiary/aromatic N) is 4. The molecule has 140 valence electrons. The first kappa shape index (κ1) is 18.9. The molecule has 2 atom stereocenters. The van der Waals surface area contributed by atoms with Crippen LogP contribution in [-0.2, 0) is 24.6 Å². The molecule has 1 aliphatic rings. The van der Waals surface area contributed by atoms with Gasteiger partial charge in [0.05, 0.1) is 32.2 Å². The molecule has 0 aromatic carbocycles. The van der Waals surface area contributed by atoms with Gasteiger partial charge in [0.15, 0.2) is 11.2 Å². The molecule has 3 heterocycles. The molecule has 8 nitrogen and oxygen atoms in total. The normalized spacial score (nSPS) is 22.5. The van der Waals surface area contributed by atoms with E-state index >= 15 is 0 Å². The van der Waals surface area contributed by atoms with Crippen LogP contribution >= 0.6 is 23.4 Å². The van der Waals surface area contributed by atoms with Crippen molar-refractivity contribution < 1.29 is 19.1 Å². The zero-order valence-electron chi connectivity index (χ0n) is 14.5. The topological polar surface area (TPSA) is 96.2 Å². The third-order valence-corrected chi connectivity index (χ3v) is 5.82. The lowest BCUT2D eigenvalue weighted by molar-refractivity contribution is -0.156. The van der Waals surface area contributed by atoms with Gasteiger partial charge >= 0.3 is 11.9 Å². The van der Waals surface area contributed by atoms with Gasteiger partial charge in [-0.15, -0.1) is 0 Å². The molecule has 10 heteroatoms. The number of imidazole rings is 1. The van der Waals surface area contributed by atoms with Crippen molar-refractivity contribution in [3.8, 4) is 0 Å². The van der Waals surface area contributed by atoms with Crippen LogP contribution in [0.25, 0.3) is 11.2 Å². The second kappa shape index (κ2) is 7.79. The molecule has 3 rings (SSSR count). The lowest BCUT2D eigenvalue weighted by Gasteiger charge is -2.33. The number of thioether (sulfide) groups is 1. The van der Waals surface area contributed by atoms with E-state index in [-0.39, 0.29) is 30.2 Å². The van der Waals surface area contributed by atoms with Crippen LogP contribution < -0.4 is 0 Å². The minimum absolute atomic E-state index is 0.0610. The second-order valence-electron chi connectivity index (χ2n) is 5.83. The van der Waals surface area contributed by atoms with Crippen LogP contribution in [0.15, 0.2) is 12.5 Å². The molecule has 0 unspecified atom stereocenters. The standard InChI is InChI=1S/C16H19ClN4O4S/c1-3-24-12(22)5-10-7-26-8-16(10,14(23)25-4-2)21-9-19-11-6-18-15(17)20-13(11)21/h6,9-10H,3-5,7-8H2,1-2H3/t10-,16-/m0/s1. The number of aromatic nitrogens is 4. The largest absolute Gasteiger partial charge is 0.466 e. The van der Waals surface area contributed by atoms with Crippen molar-refractivity contribution in [3.05, 3.63) is 17.8 Å². The summed E-state index contributed by atoms with van der Waals surface area (Å²) < 4.78 is 12.1. The number of esters is 2. The molecule has 26 heavy (non-hydrogen) atoms. The number of rotatable bonds is 6. The Morgan fingerprint density at radius 1 is 1.35 bits per heavy atom. The average molecular weight is 399 g/mol. The summed E-state index contributed by atoms with van der Waals surface area (Å²) in [4.78, 5) is 37.6. The molecule has 0 N–H and O–H groups in total. The molecule has 0 amide bonds. The van der Waals surface area contributed by atoms with E-state index in [9.17, 15) is 9.59 Å². The van der Waals surface area contributed by atoms with E-state index in [0.717, 1.165) is 0 Å². The van der Waals surface area contributed by atoms with Crippen molar-refractivity contribution in [3.63, 3.8) is 0 Å². The summed E-state index contributed by atoms with van der Waals surface area (Å²) in [5.41, 5.74) is -0.140. The van der Waals surface area contributed by atoms with E-state index in [1.165, 1.54) is 12.5 Å². The summed E-state index contributed by atoms with van der Waals surface area (Å²) in [5, 5.41) is 0.0610. The van der Waals surface area contributed by atoms with Crippen LogP contribution in [0.4, 0.5) is 0 Å². The first-order valence-electron chi connectivity index (χ1n) is 8.29. The van der Waals surface area contributed by atoms with Gasteiger partial charge in [0.1, 0.15) is 5.52 Å². The van der Waals surface area contributed by atoms with Crippen LogP contribution in [0, 0.1) is 5.92 Å². The van der Waals surface area contributed by atoms with E-state index in [1.54, 1.807) is 30.2 Å². The molecular weight excluding hydrogens is 380 g/mol. The number of hydrogen-bond donors (Lipinski definition) is 0. The maximum absolute atomic E-state index is 13.0. The van der Waals surface area contributed by atoms with Crippen molar-refractivity contribution in [1.29, 1.82) is 0 Å². The number of hydrogen-bond acceptors (Lipinski definition) is 8. The van der Waals surface area contributed by atoms with E-state index in [4.69, 9.17) is 21.1 Å². The molecule has 0 bridgehead atoms. The number of fused-ring (bicyclic) bond motifs is 1. The molecule has 1 saturated heterocycles. The van der Waals surface area contributed by atoms with Crippen LogP contribution in [0.5, 0.6) is 0 Å². The maximum Gasteiger partial charge on any atom is 0.333 e. The predicted molar refractivity (Wildman–Crippen MR) is 97.0 cm³/mol. The molecule has 0 spiro atoms. The predicted octanol–water partition coefficient (Wildman–Crippen LogP) is 2.05.